The summed E-state index contributed by atoms with van der Waals surface area (Å²) in [5.41, 5.74) is 0.722. The van der Waals surface area contributed by atoms with E-state index in [9.17, 15) is 4.79 Å². The molecule has 0 amide bonds. The van der Waals surface area contributed by atoms with E-state index in [0.29, 0.717) is 21.7 Å². The van der Waals surface area contributed by atoms with Crippen LogP contribution in [0.25, 0.3) is 0 Å². The first-order chi connectivity index (χ1) is 9.86. The number of hydrogen-bond acceptors (Lipinski definition) is 3. The summed E-state index contributed by atoms with van der Waals surface area (Å²) in [5.74, 6) is 1.33. The Labute approximate surface area is 133 Å². The predicted octanol–water partition coefficient (Wildman–Crippen LogP) is 4.37. The zero-order valence-electron chi connectivity index (χ0n) is 12.1. The van der Waals surface area contributed by atoms with E-state index in [1.165, 1.54) is 6.07 Å². The average molecular weight is 326 g/mol. The molecule has 2 aromatic rings. The fraction of sp³-hybridized carbons (Fsp3) is 0.333. The van der Waals surface area contributed by atoms with Crippen molar-refractivity contribution in [2.24, 2.45) is 0 Å². The van der Waals surface area contributed by atoms with Gasteiger partial charge in [0.05, 0.1) is 6.04 Å². The van der Waals surface area contributed by atoms with Crippen molar-refractivity contribution in [3.8, 4) is 0 Å². The van der Waals surface area contributed by atoms with Gasteiger partial charge in [-0.2, -0.15) is 0 Å². The monoisotopic (exact) mass is 325 g/mol. The highest BCUT2D eigenvalue weighted by Gasteiger charge is 2.12. The molecule has 0 aliphatic heterocycles. The normalized spacial score (nSPS) is 12.5. The molecule has 6 heteroatoms. The third-order valence-corrected chi connectivity index (χ3v) is 3.66. The Hall–Kier alpha value is -1.52. The maximum absolute atomic E-state index is 11.7. The minimum atomic E-state index is -0.175. The summed E-state index contributed by atoms with van der Waals surface area (Å²) in [6.07, 6.45) is 0. The van der Waals surface area contributed by atoms with E-state index in [0.717, 1.165) is 5.56 Å². The van der Waals surface area contributed by atoms with Crippen molar-refractivity contribution in [1.29, 1.82) is 0 Å². The molecule has 4 nitrogen and oxygen atoms in total. The summed E-state index contributed by atoms with van der Waals surface area (Å²) in [4.78, 5) is 18.8. The number of nitrogens with zero attached hydrogens (tertiary/aromatic N) is 1. The van der Waals surface area contributed by atoms with Crippen LogP contribution in [0.2, 0.25) is 10.0 Å². The van der Waals surface area contributed by atoms with Gasteiger partial charge < -0.3 is 10.3 Å². The Bertz CT molecular complexity index is 698. The van der Waals surface area contributed by atoms with Crippen molar-refractivity contribution in [2.45, 2.75) is 32.7 Å². The number of nitrogens with one attached hydrogen (secondary N) is 2. The van der Waals surface area contributed by atoms with Gasteiger partial charge in [-0.15, -0.1) is 0 Å². The Morgan fingerprint density at radius 1 is 1.19 bits per heavy atom. The molecule has 0 spiro atoms. The van der Waals surface area contributed by atoms with Gasteiger partial charge in [0.2, 0.25) is 0 Å². The van der Waals surface area contributed by atoms with E-state index in [-0.39, 0.29) is 17.5 Å². The number of halogens is 2. The van der Waals surface area contributed by atoms with Crippen LogP contribution in [0, 0.1) is 0 Å². The zero-order valence-corrected chi connectivity index (χ0v) is 13.6. The molecule has 0 aliphatic carbocycles. The topological polar surface area (TPSA) is 57.8 Å². The quantitative estimate of drug-likeness (QED) is 0.877. The van der Waals surface area contributed by atoms with E-state index < -0.39 is 0 Å². The molecule has 112 valence electrons. The van der Waals surface area contributed by atoms with Crippen molar-refractivity contribution >= 4 is 29.0 Å². The minimum absolute atomic E-state index is 0.0934. The van der Waals surface area contributed by atoms with E-state index in [2.05, 4.69) is 15.3 Å². The molecule has 0 saturated heterocycles. The van der Waals surface area contributed by atoms with Crippen LogP contribution < -0.4 is 10.9 Å². The van der Waals surface area contributed by atoms with Gasteiger partial charge in [-0.05, 0) is 24.6 Å². The maximum Gasteiger partial charge on any atom is 0.252 e. The van der Waals surface area contributed by atoms with Crippen LogP contribution in [-0.4, -0.2) is 9.97 Å². The molecule has 0 radical (unpaired) electrons. The molecule has 0 fully saturated rings. The van der Waals surface area contributed by atoms with Gasteiger partial charge in [-0.1, -0.05) is 43.1 Å². The van der Waals surface area contributed by atoms with Gasteiger partial charge in [0.25, 0.3) is 5.56 Å². The van der Waals surface area contributed by atoms with Crippen LogP contribution in [0.15, 0.2) is 29.1 Å². The Balaban J connectivity index is 2.27. The number of aromatic amines is 1. The van der Waals surface area contributed by atoms with E-state index >= 15 is 0 Å². The highest BCUT2D eigenvalue weighted by molar-refractivity contribution is 6.35. The fourth-order valence-corrected chi connectivity index (χ4v) is 2.55. The van der Waals surface area contributed by atoms with Gasteiger partial charge in [0.15, 0.2) is 0 Å². The highest BCUT2D eigenvalue weighted by Crippen LogP contribution is 2.28. The molecule has 1 aromatic carbocycles. The maximum atomic E-state index is 11.7. The SMILES string of the molecule is CC(C)c1nc(NC(C)c2ccc(Cl)cc2Cl)cc(=O)[nH]1. The first kappa shape index (κ1) is 15.9. The van der Waals surface area contributed by atoms with Gasteiger partial charge in [-0.3, -0.25) is 4.79 Å². The lowest BCUT2D eigenvalue weighted by Gasteiger charge is -2.17. The molecule has 1 unspecified atom stereocenters. The standard InChI is InChI=1S/C15H17Cl2N3O/c1-8(2)15-19-13(7-14(21)20-15)18-9(3)11-5-4-10(16)6-12(11)17/h4-9H,1-3H3,(H2,18,19,20,21). The number of rotatable bonds is 4. The van der Waals surface area contributed by atoms with Crippen LogP contribution in [0.1, 0.15) is 44.1 Å². The van der Waals surface area contributed by atoms with E-state index in [1.807, 2.05) is 26.8 Å². The molecule has 0 saturated carbocycles. The van der Waals surface area contributed by atoms with Gasteiger partial charge in [-0.25, -0.2) is 4.98 Å². The molecule has 0 bridgehead atoms. The average Bonchev–Trinajstić information content (AvgIpc) is 2.37. The van der Waals surface area contributed by atoms with Gasteiger partial charge in [0.1, 0.15) is 11.6 Å². The lowest BCUT2D eigenvalue weighted by atomic mass is 10.1. The van der Waals surface area contributed by atoms with Crippen molar-refractivity contribution in [2.75, 3.05) is 5.32 Å². The number of anilines is 1. The summed E-state index contributed by atoms with van der Waals surface area (Å²) < 4.78 is 0. The number of hydrogen-bond donors (Lipinski definition) is 2. The van der Waals surface area contributed by atoms with E-state index in [1.54, 1.807) is 12.1 Å². The van der Waals surface area contributed by atoms with Crippen molar-refractivity contribution in [3.05, 3.63) is 56.1 Å². The van der Waals surface area contributed by atoms with Crippen molar-refractivity contribution < 1.29 is 0 Å². The van der Waals surface area contributed by atoms with Crippen LogP contribution in [0.3, 0.4) is 0 Å². The highest BCUT2D eigenvalue weighted by atomic mass is 35.5. The predicted molar refractivity (Wildman–Crippen MR) is 87.4 cm³/mol. The first-order valence-corrected chi connectivity index (χ1v) is 7.45. The van der Waals surface area contributed by atoms with Gasteiger partial charge in [0, 0.05) is 22.0 Å². The van der Waals surface area contributed by atoms with Crippen molar-refractivity contribution in [3.63, 3.8) is 0 Å². The third kappa shape index (κ3) is 3.99. The van der Waals surface area contributed by atoms with Crippen LogP contribution in [0.5, 0.6) is 0 Å². The number of benzene rings is 1. The Kier molecular flexibility index (Phi) is 4.91. The zero-order chi connectivity index (χ0) is 15.6. The molecule has 2 N–H and O–H groups in total. The second-order valence-corrected chi connectivity index (χ2v) is 6.05. The number of aromatic nitrogens is 2. The molecule has 0 aliphatic rings. The largest absolute Gasteiger partial charge is 0.363 e. The smallest absolute Gasteiger partial charge is 0.252 e. The molecule has 1 atom stereocenters. The first-order valence-electron chi connectivity index (χ1n) is 6.69. The second kappa shape index (κ2) is 6.50. The summed E-state index contributed by atoms with van der Waals surface area (Å²) in [5, 5.41) is 4.37. The molecule has 1 aromatic heterocycles. The summed E-state index contributed by atoms with van der Waals surface area (Å²) in [6, 6.07) is 6.68. The van der Waals surface area contributed by atoms with E-state index in [4.69, 9.17) is 23.2 Å². The molecular weight excluding hydrogens is 309 g/mol. The van der Waals surface area contributed by atoms with Crippen LogP contribution in [-0.2, 0) is 0 Å². The molecule has 2 rings (SSSR count). The lowest BCUT2D eigenvalue weighted by Crippen LogP contribution is -2.16. The summed E-state index contributed by atoms with van der Waals surface area (Å²) in [7, 11) is 0. The minimum Gasteiger partial charge on any atom is -0.363 e. The van der Waals surface area contributed by atoms with Crippen LogP contribution in [0.4, 0.5) is 5.82 Å². The molecule has 1 heterocycles. The van der Waals surface area contributed by atoms with Gasteiger partial charge >= 0.3 is 0 Å². The van der Waals surface area contributed by atoms with Crippen molar-refractivity contribution in [1.82, 2.24) is 9.97 Å². The third-order valence-electron chi connectivity index (χ3n) is 3.10. The Morgan fingerprint density at radius 2 is 1.90 bits per heavy atom. The summed E-state index contributed by atoms with van der Waals surface area (Å²) in [6.45, 7) is 5.90. The lowest BCUT2D eigenvalue weighted by molar-refractivity contribution is 0.761. The summed E-state index contributed by atoms with van der Waals surface area (Å²) >= 11 is 12.1. The Morgan fingerprint density at radius 3 is 2.52 bits per heavy atom. The van der Waals surface area contributed by atoms with Crippen LogP contribution >= 0.6 is 23.2 Å². The fourth-order valence-electron chi connectivity index (χ4n) is 1.98. The number of H-pyrrole nitrogens is 1. The molecular formula is C15H17Cl2N3O. The second-order valence-electron chi connectivity index (χ2n) is 5.20. The molecule has 21 heavy (non-hydrogen) atoms.